The van der Waals surface area contributed by atoms with Crippen LogP contribution in [0.15, 0.2) is 29.1 Å². The quantitative estimate of drug-likeness (QED) is 0.915. The highest BCUT2D eigenvalue weighted by Crippen LogP contribution is 2.24. The van der Waals surface area contributed by atoms with Crippen molar-refractivity contribution in [3.8, 4) is 0 Å². The first-order valence-corrected chi connectivity index (χ1v) is 7.09. The van der Waals surface area contributed by atoms with Gasteiger partial charge < -0.3 is 5.73 Å². The van der Waals surface area contributed by atoms with Gasteiger partial charge in [-0.2, -0.15) is 0 Å². The van der Waals surface area contributed by atoms with Crippen LogP contribution in [0.25, 0.3) is 0 Å². The number of thiazole rings is 1. The molecule has 0 fully saturated rings. The van der Waals surface area contributed by atoms with Gasteiger partial charge in [0.2, 0.25) is 0 Å². The first-order valence-electron chi connectivity index (χ1n) is 6.15. The summed E-state index contributed by atoms with van der Waals surface area (Å²) in [6.45, 7) is 3.14. The minimum atomic E-state index is -0.221. The Bertz CT molecular complexity index is 527. The fourth-order valence-corrected chi connectivity index (χ4v) is 2.75. The monoisotopic (exact) mass is 279 g/mol. The second-order valence-electron chi connectivity index (χ2n) is 4.65. The van der Waals surface area contributed by atoms with Gasteiger partial charge in [-0.05, 0) is 37.2 Å². The molecule has 1 aromatic carbocycles. The first kappa shape index (κ1) is 14.1. The van der Waals surface area contributed by atoms with Crippen LogP contribution >= 0.6 is 11.3 Å². The molecule has 1 aromatic heterocycles. The van der Waals surface area contributed by atoms with E-state index in [1.54, 1.807) is 23.5 Å². The number of nitrogens with zero attached hydrogens (tertiary/aromatic N) is 2. The maximum absolute atomic E-state index is 13.4. The van der Waals surface area contributed by atoms with Crippen LogP contribution in [0, 0.1) is 12.7 Å². The molecule has 3 nitrogen and oxygen atoms in total. The summed E-state index contributed by atoms with van der Waals surface area (Å²) in [4.78, 5) is 6.38. The van der Waals surface area contributed by atoms with Crippen LogP contribution in [0.1, 0.15) is 22.9 Å². The van der Waals surface area contributed by atoms with E-state index in [2.05, 4.69) is 9.88 Å². The molecule has 1 unspecified atom stereocenters. The average Bonchev–Trinajstić information content (AvgIpc) is 2.87. The highest BCUT2D eigenvalue weighted by atomic mass is 32.1. The molecule has 0 bridgehead atoms. The lowest BCUT2D eigenvalue weighted by atomic mass is 10.00. The fourth-order valence-electron chi connectivity index (χ4n) is 2.20. The zero-order valence-corrected chi connectivity index (χ0v) is 12.0. The van der Waals surface area contributed by atoms with E-state index in [1.807, 2.05) is 24.9 Å². The molecule has 2 aromatic rings. The molecule has 2 rings (SSSR count). The molecule has 2 N–H and O–H groups in total. The SMILES string of the molecule is Cc1ccc(F)cc1C(CN)N(C)Cc1cscn1. The van der Waals surface area contributed by atoms with E-state index in [0.717, 1.165) is 16.8 Å². The molecule has 0 saturated carbocycles. The standard InChI is InChI=1S/C14H18FN3S/c1-10-3-4-11(15)5-13(10)14(6-16)18(2)7-12-8-19-9-17-12/h3-5,8-9,14H,6-7,16H2,1-2H3. The van der Waals surface area contributed by atoms with Gasteiger partial charge in [0.1, 0.15) is 5.82 Å². The molecule has 0 amide bonds. The van der Waals surface area contributed by atoms with Crippen LogP contribution in [0.2, 0.25) is 0 Å². The van der Waals surface area contributed by atoms with Crippen LogP contribution in [-0.2, 0) is 6.54 Å². The van der Waals surface area contributed by atoms with Crippen molar-refractivity contribution >= 4 is 11.3 Å². The summed E-state index contributed by atoms with van der Waals surface area (Å²) in [6.07, 6.45) is 0. The highest BCUT2D eigenvalue weighted by molar-refractivity contribution is 7.07. The number of benzene rings is 1. The van der Waals surface area contributed by atoms with E-state index in [-0.39, 0.29) is 11.9 Å². The molecule has 5 heteroatoms. The number of hydrogen-bond donors (Lipinski definition) is 1. The molecule has 0 aliphatic carbocycles. The van der Waals surface area contributed by atoms with Crippen molar-refractivity contribution in [2.75, 3.05) is 13.6 Å². The van der Waals surface area contributed by atoms with E-state index < -0.39 is 0 Å². The Kier molecular flexibility index (Phi) is 4.63. The second-order valence-corrected chi connectivity index (χ2v) is 5.37. The minimum absolute atomic E-state index is 0.00241. The second kappa shape index (κ2) is 6.23. The van der Waals surface area contributed by atoms with E-state index in [9.17, 15) is 4.39 Å². The van der Waals surface area contributed by atoms with Crippen LogP contribution in [0.5, 0.6) is 0 Å². The smallest absolute Gasteiger partial charge is 0.123 e. The Hall–Kier alpha value is -1.30. The maximum atomic E-state index is 13.4. The summed E-state index contributed by atoms with van der Waals surface area (Å²) >= 11 is 1.57. The van der Waals surface area contributed by atoms with Gasteiger partial charge in [-0.25, -0.2) is 9.37 Å². The lowest BCUT2D eigenvalue weighted by Gasteiger charge is -2.28. The number of halogens is 1. The molecule has 0 saturated heterocycles. The molecule has 0 aliphatic rings. The normalized spacial score (nSPS) is 12.9. The van der Waals surface area contributed by atoms with Crippen LogP contribution in [-0.4, -0.2) is 23.5 Å². The predicted molar refractivity (Wildman–Crippen MR) is 76.5 cm³/mol. The van der Waals surface area contributed by atoms with Crippen molar-refractivity contribution in [1.29, 1.82) is 0 Å². The van der Waals surface area contributed by atoms with Crippen LogP contribution in [0.4, 0.5) is 4.39 Å². The minimum Gasteiger partial charge on any atom is -0.329 e. The van der Waals surface area contributed by atoms with Gasteiger partial charge in [-0.3, -0.25) is 4.90 Å². The van der Waals surface area contributed by atoms with Gasteiger partial charge in [0, 0.05) is 24.5 Å². The number of rotatable bonds is 5. The summed E-state index contributed by atoms with van der Waals surface area (Å²) in [5.74, 6) is -0.221. The van der Waals surface area contributed by atoms with Crippen LogP contribution in [0.3, 0.4) is 0 Å². The van der Waals surface area contributed by atoms with Gasteiger partial charge in [-0.1, -0.05) is 6.07 Å². The summed E-state index contributed by atoms with van der Waals surface area (Å²) in [7, 11) is 1.99. The topological polar surface area (TPSA) is 42.1 Å². The van der Waals surface area contributed by atoms with Gasteiger partial charge in [0.25, 0.3) is 0 Å². The van der Waals surface area contributed by atoms with Crippen molar-refractivity contribution in [2.24, 2.45) is 5.73 Å². The summed E-state index contributed by atoms with van der Waals surface area (Å²) in [6, 6.07) is 4.85. The lowest BCUT2D eigenvalue weighted by molar-refractivity contribution is 0.238. The zero-order valence-electron chi connectivity index (χ0n) is 11.1. The lowest BCUT2D eigenvalue weighted by Crippen LogP contribution is -2.30. The van der Waals surface area contributed by atoms with Crippen molar-refractivity contribution in [2.45, 2.75) is 19.5 Å². The van der Waals surface area contributed by atoms with Crippen molar-refractivity contribution < 1.29 is 4.39 Å². The summed E-state index contributed by atoms with van der Waals surface area (Å²) in [5, 5.41) is 2.02. The third-order valence-corrected chi connectivity index (χ3v) is 3.89. The summed E-state index contributed by atoms with van der Waals surface area (Å²) < 4.78 is 13.4. The zero-order chi connectivity index (χ0) is 13.8. The Morgan fingerprint density at radius 3 is 2.89 bits per heavy atom. The molecular formula is C14H18FN3S. The molecule has 0 aliphatic heterocycles. The molecule has 0 spiro atoms. The predicted octanol–water partition coefficient (Wildman–Crippen LogP) is 2.72. The van der Waals surface area contributed by atoms with E-state index in [4.69, 9.17) is 5.73 Å². The van der Waals surface area contributed by atoms with E-state index in [0.29, 0.717) is 13.1 Å². The molecule has 0 radical (unpaired) electrons. The van der Waals surface area contributed by atoms with Crippen LogP contribution < -0.4 is 5.73 Å². The molecular weight excluding hydrogens is 261 g/mol. The number of aromatic nitrogens is 1. The summed E-state index contributed by atoms with van der Waals surface area (Å²) in [5.41, 5.74) is 10.7. The Labute approximate surface area is 116 Å². The number of hydrogen-bond acceptors (Lipinski definition) is 4. The number of aryl methyl sites for hydroxylation is 1. The van der Waals surface area contributed by atoms with E-state index >= 15 is 0 Å². The average molecular weight is 279 g/mol. The highest BCUT2D eigenvalue weighted by Gasteiger charge is 2.18. The molecule has 1 heterocycles. The van der Waals surface area contributed by atoms with E-state index in [1.165, 1.54) is 6.07 Å². The van der Waals surface area contributed by atoms with Gasteiger partial charge in [-0.15, -0.1) is 11.3 Å². The molecule has 19 heavy (non-hydrogen) atoms. The van der Waals surface area contributed by atoms with Crippen molar-refractivity contribution in [3.63, 3.8) is 0 Å². The van der Waals surface area contributed by atoms with Gasteiger partial charge in [0.15, 0.2) is 0 Å². The molecule has 102 valence electrons. The van der Waals surface area contributed by atoms with Gasteiger partial charge >= 0.3 is 0 Å². The fraction of sp³-hybridized carbons (Fsp3) is 0.357. The first-order chi connectivity index (χ1) is 9.11. The van der Waals surface area contributed by atoms with Crippen molar-refractivity contribution in [1.82, 2.24) is 9.88 Å². The van der Waals surface area contributed by atoms with Crippen molar-refractivity contribution in [3.05, 3.63) is 51.7 Å². The largest absolute Gasteiger partial charge is 0.329 e. The third-order valence-electron chi connectivity index (χ3n) is 3.25. The molecule has 1 atom stereocenters. The Morgan fingerprint density at radius 2 is 2.26 bits per heavy atom. The number of nitrogens with two attached hydrogens (primary N) is 1. The Morgan fingerprint density at radius 1 is 1.47 bits per heavy atom. The maximum Gasteiger partial charge on any atom is 0.123 e. The third kappa shape index (κ3) is 3.37. The van der Waals surface area contributed by atoms with Gasteiger partial charge in [0.05, 0.1) is 11.2 Å². The Balaban J connectivity index is 2.21. The number of likely N-dealkylation sites (N-methyl/N-ethyl adjacent to an activating group) is 1.